The molecule has 1 aliphatic heterocycles. The maximum Gasteiger partial charge on any atom is 0.247 e. The molecule has 2 aromatic rings. The van der Waals surface area contributed by atoms with E-state index in [9.17, 15) is 4.79 Å². The monoisotopic (exact) mass is 290 g/mol. The molecule has 1 aromatic carbocycles. The quantitative estimate of drug-likeness (QED) is 0.829. The van der Waals surface area contributed by atoms with Crippen LogP contribution in [0.4, 0.5) is 11.4 Å². The number of aryl methyl sites for hydroxylation is 1. The van der Waals surface area contributed by atoms with Gasteiger partial charge in [0.05, 0.1) is 6.20 Å². The van der Waals surface area contributed by atoms with Gasteiger partial charge in [0.15, 0.2) is 0 Å². The summed E-state index contributed by atoms with van der Waals surface area (Å²) in [6.45, 7) is 0. The van der Waals surface area contributed by atoms with Crippen LogP contribution in [-0.2, 0) is 11.2 Å². The summed E-state index contributed by atoms with van der Waals surface area (Å²) in [7, 11) is 0. The smallest absolute Gasteiger partial charge is 0.247 e. The molecule has 0 spiro atoms. The molecule has 0 aliphatic carbocycles. The molecule has 1 amide bonds. The Morgan fingerprint density at radius 2 is 2.20 bits per heavy atom. The van der Waals surface area contributed by atoms with Crippen molar-refractivity contribution in [1.82, 2.24) is 9.97 Å². The van der Waals surface area contributed by atoms with Gasteiger partial charge in [-0.1, -0.05) is 0 Å². The Morgan fingerprint density at radius 3 is 3.05 bits per heavy atom. The van der Waals surface area contributed by atoms with Crippen molar-refractivity contribution in [2.45, 2.75) is 12.8 Å². The lowest BCUT2D eigenvalue weighted by Gasteiger charge is -2.17. The molecule has 6 nitrogen and oxygen atoms in total. The van der Waals surface area contributed by atoms with E-state index < -0.39 is 0 Å². The van der Waals surface area contributed by atoms with Crippen molar-refractivity contribution >= 4 is 28.9 Å². The summed E-state index contributed by atoms with van der Waals surface area (Å²) in [5.74, 6) is 0.823. The van der Waals surface area contributed by atoms with E-state index in [1.54, 1.807) is 12.1 Å². The second kappa shape index (κ2) is 4.97. The molecule has 2 heterocycles. The van der Waals surface area contributed by atoms with Crippen molar-refractivity contribution in [3.8, 4) is 11.6 Å². The first-order chi connectivity index (χ1) is 9.61. The van der Waals surface area contributed by atoms with Gasteiger partial charge in [0.1, 0.15) is 11.4 Å². The molecule has 20 heavy (non-hydrogen) atoms. The fourth-order valence-corrected chi connectivity index (χ4v) is 2.10. The molecule has 0 atom stereocenters. The number of aromatic nitrogens is 2. The number of nitrogens with zero attached hydrogens (tertiary/aromatic N) is 2. The largest absolute Gasteiger partial charge is 0.437 e. The number of hydrogen-bond acceptors (Lipinski definition) is 5. The van der Waals surface area contributed by atoms with Gasteiger partial charge in [-0.25, -0.2) is 4.98 Å². The zero-order chi connectivity index (χ0) is 14.1. The van der Waals surface area contributed by atoms with Gasteiger partial charge in [0.25, 0.3) is 0 Å². The minimum Gasteiger partial charge on any atom is -0.437 e. The predicted octanol–water partition coefficient (Wildman–Crippen LogP) is 2.39. The number of rotatable bonds is 2. The van der Waals surface area contributed by atoms with Gasteiger partial charge in [-0.3, -0.25) is 4.79 Å². The predicted molar refractivity (Wildman–Crippen MR) is 74.9 cm³/mol. The molecule has 0 fully saturated rings. The lowest BCUT2D eigenvalue weighted by molar-refractivity contribution is -0.116. The summed E-state index contributed by atoms with van der Waals surface area (Å²) in [5, 5.41) is 2.87. The standard InChI is InChI=1S/C13H11ClN4O2/c14-13-16-6-9(15)12(18-13)20-8-2-3-10-7(5-8)1-4-11(19)17-10/h2-3,5-6H,1,4,15H2,(H,17,19). The minimum absolute atomic E-state index is 0.0259. The van der Waals surface area contributed by atoms with E-state index in [0.717, 1.165) is 11.3 Å². The Hall–Kier alpha value is -2.34. The molecular weight excluding hydrogens is 280 g/mol. The second-order valence-corrected chi connectivity index (χ2v) is 4.71. The van der Waals surface area contributed by atoms with E-state index in [4.69, 9.17) is 22.1 Å². The number of carbonyl (C=O) groups is 1. The fraction of sp³-hybridized carbons (Fsp3) is 0.154. The molecule has 102 valence electrons. The van der Waals surface area contributed by atoms with Crippen LogP contribution in [0.1, 0.15) is 12.0 Å². The summed E-state index contributed by atoms with van der Waals surface area (Å²) in [6.07, 6.45) is 2.54. The molecule has 1 aliphatic rings. The van der Waals surface area contributed by atoms with Gasteiger partial charge in [-0.15, -0.1) is 0 Å². The van der Waals surface area contributed by atoms with Crippen molar-refractivity contribution in [3.63, 3.8) is 0 Å². The third kappa shape index (κ3) is 2.50. The molecule has 3 N–H and O–H groups in total. The topological polar surface area (TPSA) is 90.1 Å². The molecule has 7 heteroatoms. The van der Waals surface area contributed by atoms with Crippen molar-refractivity contribution in [1.29, 1.82) is 0 Å². The molecule has 0 bridgehead atoms. The van der Waals surface area contributed by atoms with E-state index in [1.807, 2.05) is 6.07 Å². The van der Waals surface area contributed by atoms with E-state index in [2.05, 4.69) is 15.3 Å². The Kier molecular flexibility index (Phi) is 3.15. The van der Waals surface area contributed by atoms with E-state index in [1.165, 1.54) is 6.20 Å². The Labute approximate surface area is 119 Å². The Morgan fingerprint density at radius 1 is 1.35 bits per heavy atom. The Balaban J connectivity index is 1.88. The van der Waals surface area contributed by atoms with Crippen molar-refractivity contribution in [2.75, 3.05) is 11.1 Å². The van der Waals surface area contributed by atoms with Crippen LogP contribution in [0.3, 0.4) is 0 Å². The second-order valence-electron chi connectivity index (χ2n) is 4.37. The van der Waals surface area contributed by atoms with Crippen molar-refractivity contribution < 1.29 is 9.53 Å². The number of hydrogen-bond donors (Lipinski definition) is 2. The van der Waals surface area contributed by atoms with Crippen LogP contribution < -0.4 is 15.8 Å². The number of ether oxygens (including phenoxy) is 1. The fourth-order valence-electron chi connectivity index (χ4n) is 1.97. The Bertz CT molecular complexity index is 690. The van der Waals surface area contributed by atoms with Crippen molar-refractivity contribution in [3.05, 3.63) is 35.2 Å². The van der Waals surface area contributed by atoms with Gasteiger partial charge >= 0.3 is 0 Å². The lowest BCUT2D eigenvalue weighted by atomic mass is 10.0. The summed E-state index contributed by atoms with van der Waals surface area (Å²) in [6, 6.07) is 5.38. The number of nitrogens with one attached hydrogen (secondary N) is 1. The number of nitrogen functional groups attached to an aromatic ring is 1. The highest BCUT2D eigenvalue weighted by atomic mass is 35.5. The summed E-state index contributed by atoms with van der Waals surface area (Å²) >= 11 is 5.71. The number of nitrogens with two attached hydrogens (primary N) is 1. The molecule has 0 saturated heterocycles. The zero-order valence-electron chi connectivity index (χ0n) is 10.4. The lowest BCUT2D eigenvalue weighted by Crippen LogP contribution is -2.18. The molecule has 0 radical (unpaired) electrons. The van der Waals surface area contributed by atoms with E-state index in [-0.39, 0.29) is 17.1 Å². The summed E-state index contributed by atoms with van der Waals surface area (Å²) in [4.78, 5) is 19.0. The first-order valence-corrected chi connectivity index (χ1v) is 6.38. The maximum atomic E-state index is 11.3. The molecule has 1 aromatic heterocycles. The highest BCUT2D eigenvalue weighted by Gasteiger charge is 2.15. The van der Waals surface area contributed by atoms with Gasteiger partial charge in [0.2, 0.25) is 17.1 Å². The van der Waals surface area contributed by atoms with Crippen LogP contribution in [-0.4, -0.2) is 15.9 Å². The van der Waals surface area contributed by atoms with Crippen LogP contribution in [0, 0.1) is 0 Å². The number of anilines is 2. The number of fused-ring (bicyclic) bond motifs is 1. The normalized spacial score (nSPS) is 13.6. The van der Waals surface area contributed by atoms with Crippen LogP contribution in [0.5, 0.6) is 11.6 Å². The van der Waals surface area contributed by atoms with Crippen LogP contribution in [0.2, 0.25) is 5.28 Å². The third-order valence-corrected chi connectivity index (χ3v) is 3.12. The highest BCUT2D eigenvalue weighted by Crippen LogP contribution is 2.30. The zero-order valence-corrected chi connectivity index (χ0v) is 11.1. The maximum absolute atomic E-state index is 11.3. The van der Waals surface area contributed by atoms with Crippen LogP contribution in [0.25, 0.3) is 0 Å². The minimum atomic E-state index is 0.0259. The summed E-state index contributed by atoms with van der Waals surface area (Å²) < 4.78 is 5.61. The van der Waals surface area contributed by atoms with Gasteiger partial charge in [0, 0.05) is 12.1 Å². The highest BCUT2D eigenvalue weighted by molar-refractivity contribution is 6.28. The number of amides is 1. The van der Waals surface area contributed by atoms with Gasteiger partial charge in [-0.2, -0.15) is 4.98 Å². The third-order valence-electron chi connectivity index (χ3n) is 2.94. The number of carbonyl (C=O) groups excluding carboxylic acids is 1. The van der Waals surface area contributed by atoms with E-state index >= 15 is 0 Å². The number of benzene rings is 1. The van der Waals surface area contributed by atoms with Crippen LogP contribution >= 0.6 is 11.6 Å². The van der Waals surface area contributed by atoms with Gasteiger partial charge < -0.3 is 15.8 Å². The van der Waals surface area contributed by atoms with Crippen molar-refractivity contribution in [2.24, 2.45) is 0 Å². The number of halogens is 1. The molecule has 0 unspecified atom stereocenters. The van der Waals surface area contributed by atoms with Crippen LogP contribution in [0.15, 0.2) is 24.4 Å². The van der Waals surface area contributed by atoms with E-state index in [0.29, 0.717) is 24.3 Å². The average molecular weight is 291 g/mol. The molecule has 0 saturated carbocycles. The first kappa shape index (κ1) is 12.7. The molecule has 3 rings (SSSR count). The average Bonchev–Trinajstić information content (AvgIpc) is 2.43. The molecular formula is C13H11ClN4O2. The van der Waals surface area contributed by atoms with Gasteiger partial charge in [-0.05, 0) is 41.8 Å². The first-order valence-electron chi connectivity index (χ1n) is 6.00. The summed E-state index contributed by atoms with van der Waals surface area (Å²) in [5.41, 5.74) is 7.86. The SMILES string of the molecule is Nc1cnc(Cl)nc1Oc1ccc2c(c1)CCC(=O)N2.